The first kappa shape index (κ1) is 15.1. The molecular weight excluding hydrogens is 304 g/mol. The molecule has 1 fully saturated rings. The second-order valence-corrected chi connectivity index (χ2v) is 6.24. The zero-order valence-corrected chi connectivity index (χ0v) is 13.6. The first-order chi connectivity index (χ1) is 11.7. The summed E-state index contributed by atoms with van der Waals surface area (Å²) in [6.45, 7) is 4.17. The lowest BCUT2D eigenvalue weighted by Gasteiger charge is -2.38. The molecule has 4 rings (SSSR count). The Labute approximate surface area is 139 Å². The number of fused-ring (bicyclic) bond motifs is 1. The molecule has 3 heterocycles. The van der Waals surface area contributed by atoms with Crippen LogP contribution in [0.25, 0.3) is 5.65 Å². The van der Waals surface area contributed by atoms with Crippen molar-refractivity contribution in [2.75, 3.05) is 13.2 Å². The summed E-state index contributed by atoms with van der Waals surface area (Å²) in [6, 6.07) is 13.9. The Bertz CT molecular complexity index is 887. The predicted octanol–water partition coefficient (Wildman–Crippen LogP) is 1.98. The van der Waals surface area contributed by atoms with Gasteiger partial charge in [-0.25, -0.2) is 9.50 Å². The fraction of sp³-hybridized carbons (Fsp3) is 0.333. The molecule has 0 unspecified atom stereocenters. The normalized spacial score (nSPS) is 22.0. The Morgan fingerprint density at radius 1 is 1.29 bits per heavy atom. The van der Waals surface area contributed by atoms with Crippen molar-refractivity contribution in [3.63, 3.8) is 0 Å². The smallest absolute Gasteiger partial charge is 0.272 e. The van der Waals surface area contributed by atoms with Crippen LogP contribution in [-0.2, 0) is 11.3 Å². The quantitative estimate of drug-likeness (QED) is 0.800. The third kappa shape index (κ3) is 2.86. The lowest BCUT2D eigenvalue weighted by molar-refractivity contribution is -0.0601. The van der Waals surface area contributed by atoms with Crippen molar-refractivity contribution in [3.05, 3.63) is 70.3 Å². The minimum absolute atomic E-state index is 0.0856. The van der Waals surface area contributed by atoms with Crippen molar-refractivity contribution in [1.29, 1.82) is 0 Å². The van der Waals surface area contributed by atoms with E-state index in [0.29, 0.717) is 18.8 Å². The average molecular weight is 324 g/mol. The van der Waals surface area contributed by atoms with Gasteiger partial charge in [-0.3, -0.25) is 14.8 Å². The first-order valence-electron chi connectivity index (χ1n) is 8.17. The number of aromatic amines is 1. The van der Waals surface area contributed by atoms with Gasteiger partial charge in [0.15, 0.2) is 5.65 Å². The van der Waals surface area contributed by atoms with Crippen LogP contribution in [0, 0.1) is 0 Å². The summed E-state index contributed by atoms with van der Waals surface area (Å²) < 4.78 is 7.31. The maximum atomic E-state index is 12.2. The van der Waals surface area contributed by atoms with Crippen LogP contribution in [0.15, 0.2) is 53.5 Å². The van der Waals surface area contributed by atoms with E-state index < -0.39 is 0 Å². The van der Waals surface area contributed by atoms with Crippen molar-refractivity contribution in [1.82, 2.24) is 19.5 Å². The van der Waals surface area contributed by atoms with Gasteiger partial charge in [-0.05, 0) is 12.5 Å². The summed E-state index contributed by atoms with van der Waals surface area (Å²) in [5, 5.41) is 2.87. The number of ether oxygens (including phenoxy) is 1. The van der Waals surface area contributed by atoms with E-state index in [1.54, 1.807) is 12.3 Å². The van der Waals surface area contributed by atoms with Crippen LogP contribution in [0.3, 0.4) is 0 Å². The van der Waals surface area contributed by atoms with Crippen molar-refractivity contribution < 1.29 is 4.74 Å². The number of nitrogens with zero attached hydrogens (tertiary/aromatic N) is 3. The molecule has 0 radical (unpaired) electrons. The summed E-state index contributed by atoms with van der Waals surface area (Å²) in [4.78, 5) is 19.1. The molecule has 2 aromatic heterocycles. The third-order valence-corrected chi connectivity index (χ3v) is 4.45. The number of benzene rings is 1. The van der Waals surface area contributed by atoms with Crippen LogP contribution in [-0.4, -0.2) is 38.8 Å². The Morgan fingerprint density at radius 2 is 2.12 bits per heavy atom. The Balaban J connectivity index is 1.65. The average Bonchev–Trinajstić information content (AvgIpc) is 3.05. The topological polar surface area (TPSA) is 62.6 Å². The van der Waals surface area contributed by atoms with Gasteiger partial charge in [-0.15, -0.1) is 0 Å². The second kappa shape index (κ2) is 6.22. The highest BCUT2D eigenvalue weighted by atomic mass is 16.5. The van der Waals surface area contributed by atoms with Gasteiger partial charge >= 0.3 is 0 Å². The lowest BCUT2D eigenvalue weighted by Crippen LogP contribution is -2.43. The Kier molecular flexibility index (Phi) is 3.92. The monoisotopic (exact) mass is 324 g/mol. The summed E-state index contributed by atoms with van der Waals surface area (Å²) >= 11 is 0. The van der Waals surface area contributed by atoms with Crippen LogP contribution >= 0.6 is 0 Å². The van der Waals surface area contributed by atoms with Gasteiger partial charge in [-0.2, -0.15) is 0 Å². The zero-order chi connectivity index (χ0) is 16.5. The summed E-state index contributed by atoms with van der Waals surface area (Å²) in [5.74, 6) is 0. The highest BCUT2D eigenvalue weighted by molar-refractivity contribution is 5.36. The van der Waals surface area contributed by atoms with Gasteiger partial charge in [0.2, 0.25) is 0 Å². The van der Waals surface area contributed by atoms with E-state index in [-0.39, 0.29) is 17.7 Å². The van der Waals surface area contributed by atoms with Gasteiger partial charge in [0.1, 0.15) is 0 Å². The number of H-pyrrole nitrogens is 1. The van der Waals surface area contributed by atoms with E-state index in [2.05, 4.69) is 34.0 Å². The molecule has 124 valence electrons. The van der Waals surface area contributed by atoms with E-state index in [9.17, 15) is 4.79 Å². The molecule has 6 nitrogen and oxygen atoms in total. The second-order valence-electron chi connectivity index (χ2n) is 6.24. The van der Waals surface area contributed by atoms with E-state index >= 15 is 0 Å². The fourth-order valence-electron chi connectivity index (χ4n) is 3.29. The minimum atomic E-state index is -0.0856. The molecule has 0 saturated carbocycles. The molecule has 2 atom stereocenters. The van der Waals surface area contributed by atoms with E-state index in [0.717, 1.165) is 12.2 Å². The van der Waals surface area contributed by atoms with Gasteiger partial charge in [0.25, 0.3) is 5.56 Å². The standard InChI is InChI=1S/C18H20N4O2/c1-13-10-21(16(12-24-13)14-5-3-2-4-6-14)11-15-9-18(23)22-17(20-15)7-8-19-22/h2-9,13,16,19H,10-12H2,1H3/t13-,16-/m0/s1. The molecule has 6 heteroatoms. The molecule has 0 bridgehead atoms. The summed E-state index contributed by atoms with van der Waals surface area (Å²) in [5.41, 5.74) is 2.58. The van der Waals surface area contributed by atoms with Crippen molar-refractivity contribution in [3.8, 4) is 0 Å². The molecule has 1 saturated heterocycles. The minimum Gasteiger partial charge on any atom is -0.375 e. The van der Waals surface area contributed by atoms with Crippen LogP contribution in [0.2, 0.25) is 0 Å². The van der Waals surface area contributed by atoms with Crippen LogP contribution in [0.5, 0.6) is 0 Å². The van der Waals surface area contributed by atoms with Gasteiger partial charge in [0, 0.05) is 31.4 Å². The van der Waals surface area contributed by atoms with E-state index in [1.165, 1.54) is 10.1 Å². The highest BCUT2D eigenvalue weighted by Gasteiger charge is 2.28. The SMILES string of the molecule is C[C@H]1CN(Cc2cc(=O)n3[nH]ccc3n2)[C@H](c2ccccc2)CO1. The number of nitrogens with one attached hydrogen (secondary N) is 1. The highest BCUT2D eigenvalue weighted by Crippen LogP contribution is 2.27. The number of hydrogen-bond donors (Lipinski definition) is 1. The van der Waals surface area contributed by atoms with Gasteiger partial charge < -0.3 is 4.74 Å². The zero-order valence-electron chi connectivity index (χ0n) is 13.6. The molecule has 1 N–H and O–H groups in total. The molecule has 0 amide bonds. The molecule has 1 aliphatic rings. The van der Waals surface area contributed by atoms with Crippen molar-refractivity contribution >= 4 is 5.65 Å². The Morgan fingerprint density at radius 3 is 2.96 bits per heavy atom. The number of morpholine rings is 1. The van der Waals surface area contributed by atoms with Crippen LogP contribution in [0.4, 0.5) is 0 Å². The summed E-state index contributed by atoms with van der Waals surface area (Å²) in [6.07, 6.45) is 1.89. The van der Waals surface area contributed by atoms with Gasteiger partial charge in [0.05, 0.1) is 24.4 Å². The van der Waals surface area contributed by atoms with Crippen molar-refractivity contribution in [2.45, 2.75) is 25.6 Å². The number of hydrogen-bond acceptors (Lipinski definition) is 4. The Hall–Kier alpha value is -2.44. The van der Waals surface area contributed by atoms with Crippen molar-refractivity contribution in [2.24, 2.45) is 0 Å². The largest absolute Gasteiger partial charge is 0.375 e. The van der Waals surface area contributed by atoms with Gasteiger partial charge in [-0.1, -0.05) is 30.3 Å². The molecule has 0 spiro atoms. The molecule has 3 aromatic rings. The molecule has 1 aliphatic heterocycles. The van der Waals surface area contributed by atoms with E-state index in [4.69, 9.17) is 4.74 Å². The predicted molar refractivity (Wildman–Crippen MR) is 90.8 cm³/mol. The molecule has 1 aromatic carbocycles. The van der Waals surface area contributed by atoms with E-state index in [1.807, 2.05) is 24.3 Å². The van der Waals surface area contributed by atoms with Crippen LogP contribution in [0.1, 0.15) is 24.2 Å². The number of aromatic nitrogens is 3. The maximum absolute atomic E-state index is 12.2. The fourth-order valence-corrected chi connectivity index (χ4v) is 3.29. The van der Waals surface area contributed by atoms with Crippen LogP contribution < -0.4 is 5.56 Å². The third-order valence-electron chi connectivity index (χ3n) is 4.45. The first-order valence-corrected chi connectivity index (χ1v) is 8.17. The lowest BCUT2D eigenvalue weighted by atomic mass is 10.0. The summed E-state index contributed by atoms with van der Waals surface area (Å²) in [7, 11) is 0. The maximum Gasteiger partial charge on any atom is 0.272 e. The molecule has 24 heavy (non-hydrogen) atoms. The molecular formula is C18H20N4O2. The molecule has 0 aliphatic carbocycles. The number of rotatable bonds is 3.